The first-order valence-electron chi connectivity index (χ1n) is 15.6. The molecule has 0 N–H and O–H groups in total. The van der Waals surface area contributed by atoms with Crippen LogP contribution >= 0.6 is 22.7 Å². The van der Waals surface area contributed by atoms with Crippen LogP contribution in [0.4, 0.5) is 0 Å². The first-order valence-corrected chi connectivity index (χ1v) is 19.4. The molecule has 1 aliphatic rings. The minimum atomic E-state index is -2.83. The van der Waals surface area contributed by atoms with E-state index in [0.717, 1.165) is 0 Å². The summed E-state index contributed by atoms with van der Waals surface area (Å²) in [6.07, 6.45) is 0. The summed E-state index contributed by atoms with van der Waals surface area (Å²) in [6.45, 7) is 7.52. The second-order valence-electron chi connectivity index (χ2n) is 12.9. The topological polar surface area (TPSA) is 0 Å². The highest BCUT2D eigenvalue weighted by molar-refractivity contribution is 7.25. The smallest absolute Gasteiger partial charge is 0.143 e. The van der Waals surface area contributed by atoms with E-state index in [1.54, 1.807) is 0 Å². The Morgan fingerprint density at radius 3 is 1.24 bits per heavy atom. The van der Waals surface area contributed by atoms with Gasteiger partial charge in [-0.3, -0.25) is 0 Å². The SMILES string of the molecule is CC(C)(C)[Si]1(c2ccccc2)C(c2csc3ccccc23)=C(c2ccccc2)C(c2ccccc2)=C1c1csc2ccccc12. The lowest BCUT2D eigenvalue weighted by Crippen LogP contribution is -2.56. The molecule has 8 rings (SSSR count). The lowest BCUT2D eigenvalue weighted by atomic mass is 9.89. The lowest BCUT2D eigenvalue weighted by molar-refractivity contribution is 0.741. The maximum Gasteiger partial charge on any atom is 0.156 e. The van der Waals surface area contributed by atoms with Crippen molar-refractivity contribution >= 4 is 77.6 Å². The monoisotopic (exact) mass is 630 g/mol. The van der Waals surface area contributed by atoms with Gasteiger partial charge in [0.15, 0.2) is 8.07 Å². The first kappa shape index (κ1) is 28.2. The average Bonchev–Trinajstić information content (AvgIpc) is 3.78. The van der Waals surface area contributed by atoms with Crippen LogP contribution in [0.25, 0.3) is 41.7 Å². The fraction of sp³-hybridized carbons (Fsp3) is 0.0952. The van der Waals surface area contributed by atoms with E-state index in [9.17, 15) is 0 Å². The summed E-state index contributed by atoms with van der Waals surface area (Å²) in [6, 6.07) is 51.9. The summed E-state index contributed by atoms with van der Waals surface area (Å²) in [7, 11) is -2.83. The standard InChI is InChI=1S/C42H34S2Si/c1-42(2,3)45(31-21-11-6-12-22-31)40(34-27-43-36-25-15-13-23-32(34)36)38(29-17-7-4-8-18-29)39(30-19-9-5-10-20-30)41(45)35-28-44-37-26-16-14-24-33(35)37/h4-28H,1-3H3. The van der Waals surface area contributed by atoms with Crippen LogP contribution in [0, 0.1) is 0 Å². The van der Waals surface area contributed by atoms with Gasteiger partial charge in [0.1, 0.15) is 0 Å². The number of hydrogen-bond acceptors (Lipinski definition) is 2. The molecule has 7 aromatic rings. The van der Waals surface area contributed by atoms with Crippen molar-refractivity contribution in [2.24, 2.45) is 0 Å². The van der Waals surface area contributed by atoms with Gasteiger partial charge in [-0.05, 0) is 87.7 Å². The molecule has 1 aliphatic heterocycles. The molecule has 2 aromatic heterocycles. The molecule has 0 unspecified atom stereocenters. The summed E-state index contributed by atoms with van der Waals surface area (Å²) in [5.41, 5.74) is 8.13. The molecule has 0 bridgehead atoms. The average molecular weight is 631 g/mol. The van der Waals surface area contributed by atoms with E-state index in [1.165, 1.54) is 69.2 Å². The highest BCUT2D eigenvalue weighted by Gasteiger charge is 2.58. The van der Waals surface area contributed by atoms with Crippen molar-refractivity contribution in [1.29, 1.82) is 0 Å². The van der Waals surface area contributed by atoms with E-state index >= 15 is 0 Å². The zero-order chi connectivity index (χ0) is 30.6. The van der Waals surface area contributed by atoms with Crippen LogP contribution in [-0.4, -0.2) is 8.07 Å². The van der Waals surface area contributed by atoms with Crippen LogP contribution < -0.4 is 5.19 Å². The molecule has 45 heavy (non-hydrogen) atoms. The molecule has 5 aromatic carbocycles. The Bertz CT molecular complexity index is 2090. The minimum Gasteiger partial charge on any atom is -0.143 e. The van der Waals surface area contributed by atoms with Crippen molar-refractivity contribution in [1.82, 2.24) is 0 Å². The highest BCUT2D eigenvalue weighted by atomic mass is 32.1. The van der Waals surface area contributed by atoms with Crippen molar-refractivity contribution in [3.8, 4) is 0 Å². The Hall–Kier alpha value is -4.28. The van der Waals surface area contributed by atoms with Crippen molar-refractivity contribution < 1.29 is 0 Å². The molecule has 0 saturated carbocycles. The molecule has 0 saturated heterocycles. The van der Waals surface area contributed by atoms with E-state index < -0.39 is 8.07 Å². The number of thiophene rings is 2. The molecule has 0 atom stereocenters. The second-order valence-corrected chi connectivity index (χ2v) is 19.3. The fourth-order valence-corrected chi connectivity index (χ4v) is 16.2. The van der Waals surface area contributed by atoms with Crippen LogP contribution in [0.5, 0.6) is 0 Å². The van der Waals surface area contributed by atoms with Gasteiger partial charge in [0.05, 0.1) is 0 Å². The van der Waals surface area contributed by atoms with Gasteiger partial charge in [-0.1, -0.05) is 148 Å². The molecule has 0 nitrogen and oxygen atoms in total. The highest BCUT2D eigenvalue weighted by Crippen LogP contribution is 2.64. The van der Waals surface area contributed by atoms with Crippen LogP contribution in [0.1, 0.15) is 43.0 Å². The summed E-state index contributed by atoms with van der Waals surface area (Å²) >= 11 is 3.75. The van der Waals surface area contributed by atoms with Crippen LogP contribution in [0.3, 0.4) is 0 Å². The van der Waals surface area contributed by atoms with Gasteiger partial charge in [0.25, 0.3) is 0 Å². The third kappa shape index (κ3) is 4.29. The van der Waals surface area contributed by atoms with Crippen LogP contribution in [0.2, 0.25) is 5.04 Å². The molecular weight excluding hydrogens is 597 g/mol. The zero-order valence-corrected chi connectivity index (χ0v) is 28.4. The number of hydrogen-bond donors (Lipinski definition) is 0. The van der Waals surface area contributed by atoms with Crippen LogP contribution in [0.15, 0.2) is 150 Å². The van der Waals surface area contributed by atoms with Gasteiger partial charge < -0.3 is 0 Å². The van der Waals surface area contributed by atoms with E-state index in [1.807, 2.05) is 22.7 Å². The maximum absolute atomic E-state index is 2.83. The number of benzene rings is 5. The number of rotatable bonds is 5. The number of fused-ring (bicyclic) bond motifs is 2. The predicted molar refractivity (Wildman–Crippen MR) is 202 cm³/mol. The summed E-state index contributed by atoms with van der Waals surface area (Å²) in [4.78, 5) is 0. The molecular formula is C42H34S2Si. The Kier molecular flexibility index (Phi) is 6.87. The van der Waals surface area contributed by atoms with Crippen molar-refractivity contribution in [3.05, 3.63) is 173 Å². The molecule has 0 radical (unpaired) electrons. The molecule has 0 aliphatic carbocycles. The van der Waals surface area contributed by atoms with Gasteiger partial charge in [0.2, 0.25) is 0 Å². The lowest BCUT2D eigenvalue weighted by Gasteiger charge is -2.45. The molecule has 0 fully saturated rings. The van der Waals surface area contributed by atoms with Gasteiger partial charge >= 0.3 is 0 Å². The van der Waals surface area contributed by atoms with Gasteiger partial charge in [-0.15, -0.1) is 22.7 Å². The molecule has 3 heteroatoms. The maximum atomic E-state index is 2.51. The molecule has 3 heterocycles. The third-order valence-corrected chi connectivity index (χ3v) is 17.4. The Labute approximate surface area is 274 Å². The van der Waals surface area contributed by atoms with Crippen molar-refractivity contribution in [2.75, 3.05) is 0 Å². The Morgan fingerprint density at radius 2 is 0.822 bits per heavy atom. The molecule has 0 spiro atoms. The second kappa shape index (κ2) is 11.0. The summed E-state index contributed by atoms with van der Waals surface area (Å²) in [5, 5.41) is 12.1. The largest absolute Gasteiger partial charge is 0.156 e. The molecule has 218 valence electrons. The Balaban J connectivity index is 1.67. The van der Waals surface area contributed by atoms with Crippen LogP contribution in [-0.2, 0) is 0 Å². The van der Waals surface area contributed by atoms with E-state index in [0.29, 0.717) is 0 Å². The predicted octanol–water partition coefficient (Wildman–Crippen LogP) is 11.9. The minimum absolute atomic E-state index is 0.0678. The van der Waals surface area contributed by atoms with Gasteiger partial charge in [-0.25, -0.2) is 0 Å². The van der Waals surface area contributed by atoms with E-state index in [2.05, 4.69) is 171 Å². The van der Waals surface area contributed by atoms with Crippen molar-refractivity contribution in [2.45, 2.75) is 25.8 Å². The first-order chi connectivity index (χ1) is 22.0. The van der Waals surface area contributed by atoms with Gasteiger partial charge in [0, 0.05) is 9.40 Å². The normalized spacial score (nSPS) is 15.0. The van der Waals surface area contributed by atoms with Gasteiger partial charge in [-0.2, -0.15) is 0 Å². The summed E-state index contributed by atoms with van der Waals surface area (Å²) in [5.74, 6) is 0. The van der Waals surface area contributed by atoms with E-state index in [-0.39, 0.29) is 5.04 Å². The fourth-order valence-electron chi connectivity index (χ4n) is 7.71. The Morgan fingerprint density at radius 1 is 0.444 bits per heavy atom. The van der Waals surface area contributed by atoms with Crippen molar-refractivity contribution in [3.63, 3.8) is 0 Å². The summed E-state index contributed by atoms with van der Waals surface area (Å²) < 4.78 is 2.68. The quantitative estimate of drug-likeness (QED) is 0.166. The zero-order valence-electron chi connectivity index (χ0n) is 25.8. The molecule has 0 amide bonds. The third-order valence-electron chi connectivity index (χ3n) is 9.46. The number of allylic oxidation sites excluding steroid dienone is 2. The van der Waals surface area contributed by atoms with E-state index in [4.69, 9.17) is 0 Å².